The summed E-state index contributed by atoms with van der Waals surface area (Å²) < 4.78 is 50.7. The number of ether oxygens (including phenoxy) is 10. The zero-order valence-corrected chi connectivity index (χ0v) is 74.6. The van der Waals surface area contributed by atoms with E-state index in [9.17, 15) is 71.9 Å². The monoisotopic (exact) mass is 1840 g/mol. The van der Waals surface area contributed by atoms with Crippen molar-refractivity contribution in [2.45, 2.75) is 139 Å². The van der Waals surface area contributed by atoms with Crippen LogP contribution in [0.25, 0.3) is 0 Å². The SMILES string of the molecule is C=CC(=O)CCO.C=CC(=O)CCOC(=O)Nc1cc(CC(=O)OCC(C)OC(=O)Nc2ccc(C)c(NC(=O)OCCC(=O)C=C)c2)ccc1C.CC(CO)OO.Cc1ccc(CC(=O)OCC(C)OC(=O)Nc2ccc(C)c(OC#N)c2)cc1N=C=O.Cc1ccc(CC(=O)OCC(C)OC(=O)Nc2ccc(C)c(OC#N)c2)cc1N=C=O.Cc1ccc(N=C=O)cc1N=C=O. The quantitative estimate of drug-likeness (QED) is 0.00259. The normalized spacial score (nSPS) is 10.6. The van der Waals surface area contributed by atoms with Crippen LogP contribution < -0.4 is 36.1 Å². The molecule has 0 aromatic heterocycles. The fraction of sp³-hybridized carbons (Fsp3) is 0.301. The van der Waals surface area contributed by atoms with Crippen LogP contribution in [0.2, 0.25) is 0 Å². The molecule has 0 fully saturated rings. The fourth-order valence-electron chi connectivity index (χ4n) is 9.79. The number of benzene rings is 7. The zero-order chi connectivity index (χ0) is 99.3. The van der Waals surface area contributed by atoms with Crippen molar-refractivity contribution in [3.05, 3.63) is 221 Å². The Morgan fingerprint density at radius 2 is 0.707 bits per heavy atom. The summed E-state index contributed by atoms with van der Waals surface area (Å²) in [5.74, 6) is -1.58. The number of hydrogen-bond acceptors (Lipinski definition) is 35. The molecular weight excluding hydrogens is 1740 g/mol. The molecule has 0 bridgehead atoms. The number of carbonyl (C=O) groups excluding carboxylic acids is 15. The summed E-state index contributed by atoms with van der Waals surface area (Å²) in [7, 11) is 0. The Hall–Kier alpha value is -16.5. The van der Waals surface area contributed by atoms with E-state index in [-0.39, 0.29) is 102 Å². The van der Waals surface area contributed by atoms with Crippen LogP contribution in [-0.2, 0) is 110 Å². The molecule has 7 aromatic carbocycles. The summed E-state index contributed by atoms with van der Waals surface area (Å²) in [4.78, 5) is 188. The number of anilines is 5. The van der Waals surface area contributed by atoms with E-state index in [0.29, 0.717) is 84.9 Å². The number of nitrogens with zero attached hydrogens (tertiary/aromatic N) is 6. The molecule has 0 radical (unpaired) electrons. The van der Waals surface area contributed by atoms with Gasteiger partial charge in [0.2, 0.25) is 24.3 Å². The lowest BCUT2D eigenvalue weighted by atomic mass is 10.1. The van der Waals surface area contributed by atoms with Gasteiger partial charge in [0.15, 0.2) is 17.3 Å². The molecular formula is C93H101N11O29. The molecule has 8 N–H and O–H groups in total. The number of nitrogens with one attached hydrogen (secondary N) is 5. The van der Waals surface area contributed by atoms with Crippen LogP contribution in [0.1, 0.15) is 103 Å². The molecule has 5 amide bonds. The summed E-state index contributed by atoms with van der Waals surface area (Å²) in [6.07, 6.45) is 6.09. The highest BCUT2D eigenvalue weighted by Crippen LogP contribution is 2.29. The van der Waals surface area contributed by atoms with E-state index in [1.165, 1.54) is 54.7 Å². The second-order valence-electron chi connectivity index (χ2n) is 27.8. The lowest BCUT2D eigenvalue weighted by Gasteiger charge is -2.15. The minimum absolute atomic E-state index is 0.0158. The Balaban J connectivity index is 0.000000601. The second kappa shape index (κ2) is 63.4. The van der Waals surface area contributed by atoms with Crippen molar-refractivity contribution in [2.75, 3.05) is 72.8 Å². The van der Waals surface area contributed by atoms with Gasteiger partial charge in [-0.05, 0) is 205 Å². The predicted octanol–water partition coefficient (Wildman–Crippen LogP) is 15.0. The number of rotatable bonds is 39. The second-order valence-corrected chi connectivity index (χ2v) is 27.8. The highest BCUT2D eigenvalue weighted by Gasteiger charge is 2.20. The molecule has 0 spiro atoms. The third-order valence-electron chi connectivity index (χ3n) is 16.9. The van der Waals surface area contributed by atoms with Gasteiger partial charge < -0.3 is 57.6 Å². The molecule has 7 rings (SSSR count). The van der Waals surface area contributed by atoms with E-state index in [0.717, 1.165) is 45.5 Å². The lowest BCUT2D eigenvalue weighted by Crippen LogP contribution is -2.25. The van der Waals surface area contributed by atoms with Gasteiger partial charge in [-0.25, -0.2) is 48.0 Å². The average molecular weight is 1840 g/mol. The summed E-state index contributed by atoms with van der Waals surface area (Å²) in [6.45, 7) is 27.7. The Labute approximate surface area is 764 Å². The average Bonchev–Trinajstić information content (AvgIpc) is 0.874. The summed E-state index contributed by atoms with van der Waals surface area (Å²) >= 11 is 0. The third-order valence-corrected chi connectivity index (χ3v) is 16.9. The number of carbonyl (C=O) groups is 11. The van der Waals surface area contributed by atoms with Crippen LogP contribution >= 0.6 is 0 Å². The number of allylic oxidation sites excluding steroid dienone is 3. The zero-order valence-electron chi connectivity index (χ0n) is 74.6. The minimum atomic E-state index is -0.811. The molecule has 0 saturated carbocycles. The van der Waals surface area contributed by atoms with Gasteiger partial charge in [-0.1, -0.05) is 80.4 Å². The number of esters is 3. The fourth-order valence-corrected chi connectivity index (χ4v) is 9.79. The van der Waals surface area contributed by atoms with Crippen molar-refractivity contribution in [3.63, 3.8) is 0 Å². The number of ketones is 3. The van der Waals surface area contributed by atoms with Gasteiger partial charge in [0, 0.05) is 59.8 Å². The lowest BCUT2D eigenvalue weighted by molar-refractivity contribution is -0.279. The first-order valence-corrected chi connectivity index (χ1v) is 39.8. The highest BCUT2D eigenvalue weighted by atomic mass is 17.1. The number of aliphatic hydroxyl groups is 2. The molecule has 40 heteroatoms. The Morgan fingerprint density at radius 3 is 1.04 bits per heavy atom. The number of aliphatic hydroxyl groups excluding tert-OH is 2. The largest absolute Gasteiger partial charge is 0.461 e. The Morgan fingerprint density at radius 1 is 0.383 bits per heavy atom. The van der Waals surface area contributed by atoms with Gasteiger partial charge in [-0.3, -0.25) is 60.6 Å². The summed E-state index contributed by atoms with van der Waals surface area (Å²) in [5, 5.41) is 53.8. The number of amides is 5. The molecule has 4 unspecified atom stereocenters. The first kappa shape index (κ1) is 113. The predicted molar refractivity (Wildman–Crippen MR) is 481 cm³/mol. The van der Waals surface area contributed by atoms with Crippen LogP contribution in [0.15, 0.2) is 185 Å². The first-order chi connectivity index (χ1) is 63.4. The van der Waals surface area contributed by atoms with Gasteiger partial charge in [0.1, 0.15) is 68.9 Å². The number of aryl methyl sites for hydroxylation is 7. The van der Waals surface area contributed by atoms with Crippen LogP contribution in [0.4, 0.5) is 75.2 Å². The summed E-state index contributed by atoms with van der Waals surface area (Å²) in [5.41, 5.74) is 10.8. The maximum Gasteiger partial charge on any atom is 0.412 e. The van der Waals surface area contributed by atoms with Crippen molar-refractivity contribution in [1.29, 1.82) is 10.5 Å². The number of hydrogen-bond donors (Lipinski definition) is 8. The Kier molecular flexibility index (Phi) is 53.7. The molecule has 0 heterocycles. The summed E-state index contributed by atoms with van der Waals surface area (Å²) in [6, 6.07) is 34.5. The number of isocyanates is 4. The molecule has 7 aromatic rings. The van der Waals surface area contributed by atoms with E-state index in [1.807, 2.05) is 0 Å². The van der Waals surface area contributed by atoms with Gasteiger partial charge in [-0.15, -0.1) is 10.5 Å². The molecule has 702 valence electrons. The third kappa shape index (κ3) is 47.7. The van der Waals surface area contributed by atoms with Crippen molar-refractivity contribution in [3.8, 4) is 24.0 Å². The first-order valence-electron chi connectivity index (χ1n) is 39.8. The molecule has 133 heavy (non-hydrogen) atoms. The van der Waals surface area contributed by atoms with Crippen molar-refractivity contribution in [2.24, 2.45) is 20.0 Å². The Bertz CT molecular complexity index is 5330. The van der Waals surface area contributed by atoms with Crippen LogP contribution in [0, 0.1) is 71.5 Å². The standard InChI is InChI=1S/C32H37N3O10.2C22H21N3O6.C9H6N2O2.C5H8O2.C3H8O3/c1-6-25(36)12-14-42-30(39)34-27-16-23(10-8-20(27)3)17-29(38)44-19-22(5)45-32(41)33-24-11-9-21(4)28(18-24)35-31(40)43-15-13-26(37)7-2;2*1-14-4-6-17(8-19(14)24-13-26)9-21(27)29-11-16(3)31-22(28)25-18-7-5-15(2)20(10-18)30-12-23;1-7-2-3-8(10-5-12)4-9(7)11-6-13;1-2-5(7)3-4-6;1-3(2-4)6-5/h6-11,16,18,22H,1-2,12-15,17,19H2,3-5H3,(H,33,41)(H,34,39)(H,35,40);2*4-8,10,16H,9,11H2,1-3H3,(H,25,28);2-4H,1H3;2,6H,1,3-4H2;3-5H,2H2,1H3. The molecule has 4 atom stereocenters. The minimum Gasteiger partial charge on any atom is -0.461 e. The molecule has 0 aliphatic carbocycles. The molecule has 0 aliphatic heterocycles. The van der Waals surface area contributed by atoms with Crippen LogP contribution in [0.5, 0.6) is 11.5 Å². The van der Waals surface area contributed by atoms with Crippen LogP contribution in [-0.4, -0.2) is 176 Å². The van der Waals surface area contributed by atoms with Gasteiger partial charge >= 0.3 is 48.4 Å². The topological polar surface area (TPSA) is 575 Å². The maximum atomic E-state index is 12.4. The number of nitriles is 2. The van der Waals surface area contributed by atoms with Crippen molar-refractivity contribution < 1.29 is 140 Å². The van der Waals surface area contributed by atoms with E-state index in [1.54, 1.807) is 192 Å². The van der Waals surface area contributed by atoms with E-state index in [2.05, 4.69) is 71.2 Å². The van der Waals surface area contributed by atoms with Gasteiger partial charge in [0.25, 0.3) is 12.5 Å². The van der Waals surface area contributed by atoms with E-state index >= 15 is 0 Å². The van der Waals surface area contributed by atoms with Gasteiger partial charge in [-0.2, -0.15) is 20.0 Å². The molecule has 0 aliphatic rings. The highest BCUT2D eigenvalue weighted by molar-refractivity contribution is 5.93. The maximum absolute atomic E-state index is 12.4. The van der Waals surface area contributed by atoms with E-state index < -0.39 is 72.8 Å². The molecule has 40 nitrogen and oxygen atoms in total. The number of aliphatic imine (C=N–C) groups is 4. The smallest absolute Gasteiger partial charge is 0.412 e. The molecule has 0 saturated heterocycles. The van der Waals surface area contributed by atoms with Crippen molar-refractivity contribution in [1.82, 2.24) is 0 Å². The van der Waals surface area contributed by atoms with Crippen LogP contribution in [0.3, 0.4) is 0 Å². The van der Waals surface area contributed by atoms with Gasteiger partial charge in [0.05, 0.1) is 55.2 Å². The van der Waals surface area contributed by atoms with E-state index in [4.69, 9.17) is 73.4 Å². The van der Waals surface area contributed by atoms with Crippen molar-refractivity contribution >= 4 is 141 Å².